The van der Waals surface area contributed by atoms with Crippen LogP contribution in [0.4, 0.5) is 0 Å². The van der Waals surface area contributed by atoms with Gasteiger partial charge in [-0.15, -0.1) is 0 Å². The predicted molar refractivity (Wildman–Crippen MR) is 56.1 cm³/mol. The lowest BCUT2D eigenvalue weighted by molar-refractivity contribution is -0.148. The Kier molecular flexibility index (Phi) is 1.54. The molecule has 4 rings (SSSR count). The standard InChI is InChI=1S/C12H13NO4/c14-10-9-8(11(15)16)7-3-4-12(9,17-7)5-13(10)6-1-2-6/h3-4,6-9H,1-2,5H2,(H,15,16). The van der Waals surface area contributed by atoms with Crippen molar-refractivity contribution in [2.75, 3.05) is 6.54 Å². The molecule has 1 N–H and O–H groups in total. The molecule has 3 aliphatic heterocycles. The normalized spacial score (nSPS) is 46.7. The van der Waals surface area contributed by atoms with E-state index >= 15 is 0 Å². The molecule has 4 aliphatic rings. The van der Waals surface area contributed by atoms with Crippen LogP contribution in [0, 0.1) is 11.8 Å². The van der Waals surface area contributed by atoms with Crippen LogP contribution in [-0.2, 0) is 14.3 Å². The number of amides is 1. The van der Waals surface area contributed by atoms with E-state index in [4.69, 9.17) is 4.74 Å². The second-order valence-electron chi connectivity index (χ2n) is 5.44. The third kappa shape index (κ3) is 1.03. The van der Waals surface area contributed by atoms with E-state index in [-0.39, 0.29) is 5.91 Å². The first kappa shape index (κ1) is 9.65. The Hall–Kier alpha value is -1.36. The van der Waals surface area contributed by atoms with Gasteiger partial charge in [-0.05, 0) is 12.8 Å². The summed E-state index contributed by atoms with van der Waals surface area (Å²) in [6.45, 7) is 0.540. The first-order valence-corrected chi connectivity index (χ1v) is 6.03. The zero-order valence-electron chi connectivity index (χ0n) is 9.20. The summed E-state index contributed by atoms with van der Waals surface area (Å²) in [5.41, 5.74) is -0.645. The van der Waals surface area contributed by atoms with E-state index in [0.717, 1.165) is 12.8 Å². The van der Waals surface area contributed by atoms with Crippen molar-refractivity contribution in [1.29, 1.82) is 0 Å². The summed E-state index contributed by atoms with van der Waals surface area (Å²) in [5.74, 6) is -2.14. The maximum absolute atomic E-state index is 12.3. The number of carboxylic acids is 1. The molecule has 3 heterocycles. The van der Waals surface area contributed by atoms with Crippen LogP contribution >= 0.6 is 0 Å². The molecular formula is C12H13NO4. The van der Waals surface area contributed by atoms with E-state index < -0.39 is 29.5 Å². The quantitative estimate of drug-likeness (QED) is 0.685. The molecule has 1 saturated carbocycles. The molecule has 2 saturated heterocycles. The van der Waals surface area contributed by atoms with Crippen molar-refractivity contribution >= 4 is 11.9 Å². The number of hydrogen-bond donors (Lipinski definition) is 1. The molecule has 0 aromatic carbocycles. The Morgan fingerprint density at radius 2 is 2.29 bits per heavy atom. The molecule has 2 bridgehead atoms. The van der Waals surface area contributed by atoms with Gasteiger partial charge in [0.1, 0.15) is 11.5 Å². The number of ether oxygens (including phenoxy) is 1. The highest BCUT2D eigenvalue weighted by molar-refractivity contribution is 5.91. The average molecular weight is 235 g/mol. The van der Waals surface area contributed by atoms with Gasteiger partial charge in [0, 0.05) is 6.04 Å². The summed E-state index contributed by atoms with van der Waals surface area (Å²) in [7, 11) is 0. The van der Waals surface area contributed by atoms with Gasteiger partial charge in [-0.1, -0.05) is 12.2 Å². The van der Waals surface area contributed by atoms with Crippen LogP contribution in [0.25, 0.3) is 0 Å². The van der Waals surface area contributed by atoms with Gasteiger partial charge in [-0.3, -0.25) is 9.59 Å². The molecule has 1 spiro atoms. The van der Waals surface area contributed by atoms with Crippen LogP contribution in [0.5, 0.6) is 0 Å². The van der Waals surface area contributed by atoms with Crippen LogP contribution < -0.4 is 0 Å². The second kappa shape index (κ2) is 2.72. The Labute approximate surface area is 98.0 Å². The lowest BCUT2D eigenvalue weighted by Crippen LogP contribution is -2.39. The molecule has 0 radical (unpaired) electrons. The van der Waals surface area contributed by atoms with Crippen molar-refractivity contribution in [3.8, 4) is 0 Å². The summed E-state index contributed by atoms with van der Waals surface area (Å²) < 4.78 is 5.78. The van der Waals surface area contributed by atoms with E-state index in [0.29, 0.717) is 12.6 Å². The van der Waals surface area contributed by atoms with Crippen LogP contribution in [0.1, 0.15) is 12.8 Å². The monoisotopic (exact) mass is 235 g/mol. The number of carboxylic acid groups (broad SMARTS) is 1. The molecule has 5 heteroatoms. The number of carbonyl (C=O) groups is 2. The zero-order chi connectivity index (χ0) is 11.8. The van der Waals surface area contributed by atoms with Crippen molar-refractivity contribution in [2.45, 2.75) is 30.6 Å². The summed E-state index contributed by atoms with van der Waals surface area (Å²) in [5, 5.41) is 9.25. The van der Waals surface area contributed by atoms with E-state index in [1.807, 2.05) is 11.0 Å². The van der Waals surface area contributed by atoms with Gasteiger partial charge in [-0.25, -0.2) is 0 Å². The van der Waals surface area contributed by atoms with Gasteiger partial charge in [0.2, 0.25) is 5.91 Å². The van der Waals surface area contributed by atoms with Gasteiger partial charge in [0.15, 0.2) is 0 Å². The zero-order valence-corrected chi connectivity index (χ0v) is 9.20. The number of hydrogen-bond acceptors (Lipinski definition) is 3. The molecule has 90 valence electrons. The van der Waals surface area contributed by atoms with Crippen molar-refractivity contribution in [2.24, 2.45) is 11.8 Å². The van der Waals surface area contributed by atoms with E-state index in [1.165, 1.54) is 0 Å². The summed E-state index contributed by atoms with van der Waals surface area (Å²) in [6.07, 6.45) is 5.38. The molecule has 17 heavy (non-hydrogen) atoms. The Balaban J connectivity index is 1.76. The minimum atomic E-state index is -0.919. The molecule has 0 aromatic rings. The van der Waals surface area contributed by atoms with Crippen molar-refractivity contribution in [1.82, 2.24) is 4.90 Å². The third-order valence-electron chi connectivity index (χ3n) is 4.40. The highest BCUT2D eigenvalue weighted by Crippen LogP contribution is 2.53. The first-order valence-electron chi connectivity index (χ1n) is 6.03. The molecule has 1 aliphatic carbocycles. The molecular weight excluding hydrogens is 222 g/mol. The molecule has 0 aromatic heterocycles. The number of likely N-dealkylation sites (tertiary alicyclic amines) is 1. The van der Waals surface area contributed by atoms with Crippen molar-refractivity contribution in [3.63, 3.8) is 0 Å². The van der Waals surface area contributed by atoms with E-state index in [1.54, 1.807) is 6.08 Å². The Morgan fingerprint density at radius 1 is 1.53 bits per heavy atom. The van der Waals surface area contributed by atoms with Gasteiger partial charge in [-0.2, -0.15) is 0 Å². The predicted octanol–water partition coefficient (Wildman–Crippen LogP) is 0.0154. The topological polar surface area (TPSA) is 66.8 Å². The third-order valence-corrected chi connectivity index (χ3v) is 4.40. The maximum atomic E-state index is 12.3. The van der Waals surface area contributed by atoms with Crippen molar-refractivity contribution < 1.29 is 19.4 Å². The largest absolute Gasteiger partial charge is 0.481 e. The highest BCUT2D eigenvalue weighted by atomic mass is 16.5. The SMILES string of the molecule is O=C(O)C1C2C=CC3(CN(C4CC4)C(=O)C13)O2. The Bertz CT molecular complexity index is 455. The van der Waals surface area contributed by atoms with E-state index in [2.05, 4.69) is 0 Å². The van der Waals surface area contributed by atoms with Crippen LogP contribution in [-0.4, -0.2) is 46.2 Å². The smallest absolute Gasteiger partial charge is 0.310 e. The second-order valence-corrected chi connectivity index (χ2v) is 5.44. The molecule has 4 unspecified atom stereocenters. The lowest BCUT2D eigenvalue weighted by atomic mass is 9.77. The highest BCUT2D eigenvalue weighted by Gasteiger charge is 2.68. The van der Waals surface area contributed by atoms with Crippen LogP contribution in [0.2, 0.25) is 0 Å². The molecule has 5 nitrogen and oxygen atoms in total. The maximum Gasteiger partial charge on any atom is 0.310 e. The average Bonchev–Trinajstić information content (AvgIpc) is 2.89. The van der Waals surface area contributed by atoms with Crippen LogP contribution in [0.15, 0.2) is 12.2 Å². The minimum absolute atomic E-state index is 0.0215. The molecule has 4 atom stereocenters. The number of rotatable bonds is 2. The van der Waals surface area contributed by atoms with Gasteiger partial charge >= 0.3 is 5.97 Å². The number of carbonyl (C=O) groups excluding carboxylic acids is 1. The van der Waals surface area contributed by atoms with Gasteiger partial charge < -0.3 is 14.7 Å². The number of fused-ring (bicyclic) bond motifs is 1. The first-order chi connectivity index (χ1) is 8.12. The van der Waals surface area contributed by atoms with Gasteiger partial charge in [0.05, 0.1) is 18.6 Å². The molecule has 1 amide bonds. The summed E-state index contributed by atoms with van der Waals surface area (Å²) in [6, 6.07) is 0.327. The minimum Gasteiger partial charge on any atom is -0.481 e. The number of aliphatic carboxylic acids is 1. The van der Waals surface area contributed by atoms with Crippen molar-refractivity contribution in [3.05, 3.63) is 12.2 Å². The van der Waals surface area contributed by atoms with E-state index in [9.17, 15) is 14.7 Å². The fraction of sp³-hybridized carbons (Fsp3) is 0.667. The van der Waals surface area contributed by atoms with Crippen LogP contribution in [0.3, 0.4) is 0 Å². The van der Waals surface area contributed by atoms with Gasteiger partial charge in [0.25, 0.3) is 0 Å². The molecule has 3 fully saturated rings. The lowest BCUT2D eigenvalue weighted by Gasteiger charge is -2.21. The fourth-order valence-corrected chi connectivity index (χ4v) is 3.51. The summed E-state index contributed by atoms with van der Waals surface area (Å²) in [4.78, 5) is 25.4. The fourth-order valence-electron chi connectivity index (χ4n) is 3.51. The summed E-state index contributed by atoms with van der Waals surface area (Å²) >= 11 is 0. The number of nitrogens with zero attached hydrogens (tertiary/aromatic N) is 1. The Morgan fingerprint density at radius 3 is 2.94 bits per heavy atom.